The molecule has 1 aromatic heterocycles. The van der Waals surface area contributed by atoms with Crippen LogP contribution in [0.3, 0.4) is 0 Å². The quantitative estimate of drug-likeness (QED) is 0.497. The fraction of sp³-hybridized carbons (Fsp3) is 0.440. The van der Waals surface area contributed by atoms with E-state index < -0.39 is 0 Å². The molecule has 3 aromatic rings. The lowest BCUT2D eigenvalue weighted by Gasteiger charge is -2.37. The summed E-state index contributed by atoms with van der Waals surface area (Å²) in [4.78, 5) is 2.51. The van der Waals surface area contributed by atoms with Crippen LogP contribution in [-0.2, 0) is 6.54 Å². The number of anilines is 1. The molecule has 2 aliphatic rings. The number of piperidine rings is 1. The second-order valence-electron chi connectivity index (χ2n) is 8.80. The first-order valence-corrected chi connectivity index (χ1v) is 12.3. The standard InChI is InChI=1S/C25H31N5S/c1-20-7-12-25(22-5-3-2-4-6-22)31-30(20)17-21-8-10-23(11-9-21)28-15-13-24(14-16-28)29-18-26-27-19-29/h2-6,8-11,18-20,24-25H,7,12-17H2,1H3/t20-,25?/m0/s1. The van der Waals surface area contributed by atoms with E-state index in [4.69, 9.17) is 0 Å². The van der Waals surface area contributed by atoms with E-state index in [1.165, 1.54) is 29.7 Å². The summed E-state index contributed by atoms with van der Waals surface area (Å²) >= 11 is 2.03. The monoisotopic (exact) mass is 433 g/mol. The minimum Gasteiger partial charge on any atom is -0.371 e. The van der Waals surface area contributed by atoms with Crippen LogP contribution in [0.15, 0.2) is 67.3 Å². The van der Waals surface area contributed by atoms with E-state index in [0.29, 0.717) is 17.3 Å². The Labute approximate surface area is 189 Å². The van der Waals surface area contributed by atoms with Crippen molar-refractivity contribution in [3.63, 3.8) is 0 Å². The minimum absolute atomic E-state index is 0.528. The molecule has 3 heterocycles. The lowest BCUT2D eigenvalue weighted by molar-refractivity contribution is 0.321. The molecule has 2 atom stereocenters. The van der Waals surface area contributed by atoms with Gasteiger partial charge in [0.2, 0.25) is 0 Å². The number of hydrogen-bond acceptors (Lipinski definition) is 5. The average Bonchev–Trinajstić information content (AvgIpc) is 3.37. The topological polar surface area (TPSA) is 37.2 Å². The van der Waals surface area contributed by atoms with E-state index in [-0.39, 0.29) is 0 Å². The summed E-state index contributed by atoms with van der Waals surface area (Å²) in [5.41, 5.74) is 4.19. The highest BCUT2D eigenvalue weighted by Crippen LogP contribution is 2.43. The van der Waals surface area contributed by atoms with Crippen molar-refractivity contribution in [1.29, 1.82) is 0 Å². The predicted octanol–water partition coefficient (Wildman–Crippen LogP) is 5.49. The number of rotatable bonds is 5. The average molecular weight is 434 g/mol. The lowest BCUT2D eigenvalue weighted by Crippen LogP contribution is -2.34. The zero-order chi connectivity index (χ0) is 21.0. The maximum Gasteiger partial charge on any atom is 0.119 e. The van der Waals surface area contributed by atoms with Crippen LogP contribution in [0, 0.1) is 0 Å². The third-order valence-electron chi connectivity index (χ3n) is 6.73. The number of nitrogens with zero attached hydrogens (tertiary/aromatic N) is 5. The van der Waals surface area contributed by atoms with E-state index >= 15 is 0 Å². The maximum absolute atomic E-state index is 3.95. The summed E-state index contributed by atoms with van der Waals surface area (Å²) in [5.74, 6) is 0. The van der Waals surface area contributed by atoms with Gasteiger partial charge in [-0.3, -0.25) is 0 Å². The largest absolute Gasteiger partial charge is 0.371 e. The molecule has 0 amide bonds. The molecule has 6 heteroatoms. The van der Waals surface area contributed by atoms with Gasteiger partial charge in [-0.15, -0.1) is 10.2 Å². The van der Waals surface area contributed by atoms with Crippen molar-refractivity contribution in [2.45, 2.75) is 56.5 Å². The van der Waals surface area contributed by atoms with Gasteiger partial charge >= 0.3 is 0 Å². The Balaban J connectivity index is 1.18. The highest BCUT2D eigenvalue weighted by atomic mass is 32.2. The van der Waals surface area contributed by atoms with Gasteiger partial charge in [0, 0.05) is 42.7 Å². The highest BCUT2D eigenvalue weighted by molar-refractivity contribution is 7.97. The molecule has 0 N–H and O–H groups in total. The Kier molecular flexibility index (Phi) is 6.27. The van der Waals surface area contributed by atoms with E-state index in [0.717, 1.165) is 32.5 Å². The molecular weight excluding hydrogens is 402 g/mol. The molecule has 2 fully saturated rings. The van der Waals surface area contributed by atoms with Crippen molar-refractivity contribution in [3.05, 3.63) is 78.4 Å². The molecule has 162 valence electrons. The van der Waals surface area contributed by atoms with Crippen molar-refractivity contribution in [2.75, 3.05) is 18.0 Å². The number of hydrogen-bond donors (Lipinski definition) is 0. The lowest BCUT2D eigenvalue weighted by atomic mass is 10.0. The van der Waals surface area contributed by atoms with Crippen molar-refractivity contribution in [2.24, 2.45) is 0 Å². The summed E-state index contributed by atoms with van der Waals surface area (Å²) in [5, 5.41) is 8.48. The Morgan fingerprint density at radius 2 is 1.58 bits per heavy atom. The molecule has 2 saturated heterocycles. The third kappa shape index (κ3) is 4.80. The molecule has 2 aliphatic heterocycles. The van der Waals surface area contributed by atoms with Gasteiger partial charge in [0.15, 0.2) is 0 Å². The van der Waals surface area contributed by atoms with Crippen molar-refractivity contribution in [3.8, 4) is 0 Å². The molecule has 0 aliphatic carbocycles. The van der Waals surface area contributed by atoms with Crippen LogP contribution in [0.1, 0.15) is 55.0 Å². The van der Waals surface area contributed by atoms with Gasteiger partial charge in [-0.1, -0.05) is 54.4 Å². The molecular formula is C25H31N5S. The molecule has 0 radical (unpaired) electrons. The predicted molar refractivity (Wildman–Crippen MR) is 128 cm³/mol. The fourth-order valence-electron chi connectivity index (χ4n) is 4.76. The molecule has 0 saturated carbocycles. The summed E-state index contributed by atoms with van der Waals surface area (Å²) in [6, 6.07) is 21.4. The zero-order valence-corrected chi connectivity index (χ0v) is 19.0. The zero-order valence-electron chi connectivity index (χ0n) is 18.2. The minimum atomic E-state index is 0.528. The Morgan fingerprint density at radius 3 is 2.29 bits per heavy atom. The first-order valence-electron chi connectivity index (χ1n) is 11.4. The Morgan fingerprint density at radius 1 is 0.871 bits per heavy atom. The number of aromatic nitrogens is 3. The van der Waals surface area contributed by atoms with Gasteiger partial charge < -0.3 is 9.47 Å². The second-order valence-corrected chi connectivity index (χ2v) is 10.0. The van der Waals surface area contributed by atoms with Crippen LogP contribution < -0.4 is 4.90 Å². The normalized spacial score (nSPS) is 23.2. The van der Waals surface area contributed by atoms with Gasteiger partial charge in [0.1, 0.15) is 12.7 Å². The molecule has 31 heavy (non-hydrogen) atoms. The van der Waals surface area contributed by atoms with Gasteiger partial charge in [-0.05, 0) is 55.9 Å². The van der Waals surface area contributed by atoms with Crippen LogP contribution in [-0.4, -0.2) is 38.2 Å². The van der Waals surface area contributed by atoms with Crippen LogP contribution in [0.2, 0.25) is 0 Å². The van der Waals surface area contributed by atoms with Crippen LogP contribution in [0.5, 0.6) is 0 Å². The van der Waals surface area contributed by atoms with Gasteiger partial charge in [0.05, 0.1) is 0 Å². The summed E-state index contributed by atoms with van der Waals surface area (Å²) < 4.78 is 4.74. The molecule has 5 rings (SSSR count). The first kappa shape index (κ1) is 20.6. The third-order valence-corrected chi connectivity index (χ3v) is 8.26. The van der Waals surface area contributed by atoms with Crippen molar-refractivity contribution in [1.82, 2.24) is 19.1 Å². The molecule has 0 spiro atoms. The fourth-order valence-corrected chi connectivity index (χ4v) is 6.14. The maximum atomic E-state index is 3.95. The summed E-state index contributed by atoms with van der Waals surface area (Å²) in [6.45, 7) is 5.54. The Hall–Kier alpha value is -2.31. The van der Waals surface area contributed by atoms with Crippen molar-refractivity contribution >= 4 is 17.6 Å². The van der Waals surface area contributed by atoms with Gasteiger partial charge in [0.25, 0.3) is 0 Å². The molecule has 5 nitrogen and oxygen atoms in total. The van der Waals surface area contributed by atoms with Crippen LogP contribution in [0.4, 0.5) is 5.69 Å². The van der Waals surface area contributed by atoms with Gasteiger partial charge in [-0.2, -0.15) is 0 Å². The van der Waals surface area contributed by atoms with Crippen LogP contribution in [0.25, 0.3) is 0 Å². The number of benzene rings is 2. The summed E-state index contributed by atoms with van der Waals surface area (Å²) in [7, 11) is 0. The SMILES string of the molecule is C[C@H]1CCC(c2ccccc2)SN1Cc1ccc(N2CCC(n3cnnc3)CC2)cc1. The smallest absolute Gasteiger partial charge is 0.119 e. The molecule has 1 unspecified atom stereocenters. The van der Waals surface area contributed by atoms with E-state index in [9.17, 15) is 0 Å². The van der Waals surface area contributed by atoms with E-state index in [1.54, 1.807) is 0 Å². The summed E-state index contributed by atoms with van der Waals surface area (Å²) in [6.07, 6.45) is 8.49. The first-order chi connectivity index (χ1) is 15.3. The molecule has 2 aromatic carbocycles. The van der Waals surface area contributed by atoms with Crippen molar-refractivity contribution < 1.29 is 0 Å². The highest BCUT2D eigenvalue weighted by Gasteiger charge is 2.27. The van der Waals surface area contributed by atoms with Crippen LogP contribution >= 0.6 is 11.9 Å². The Bertz CT molecular complexity index is 936. The molecule has 0 bridgehead atoms. The van der Waals surface area contributed by atoms with Gasteiger partial charge in [-0.25, -0.2) is 4.31 Å². The van der Waals surface area contributed by atoms with E-state index in [2.05, 4.69) is 85.5 Å². The second kappa shape index (κ2) is 9.45. The van der Waals surface area contributed by atoms with E-state index in [1.807, 2.05) is 24.6 Å².